The van der Waals surface area contributed by atoms with Gasteiger partial charge in [0.25, 0.3) is 5.24 Å². The lowest BCUT2D eigenvalue weighted by Crippen LogP contribution is -2.35. The van der Waals surface area contributed by atoms with E-state index in [9.17, 15) is 4.79 Å². The predicted octanol–water partition coefficient (Wildman–Crippen LogP) is 3.48. The van der Waals surface area contributed by atoms with E-state index in [4.69, 9.17) is 21.1 Å². The molecule has 4 nitrogen and oxygen atoms in total. The van der Waals surface area contributed by atoms with Crippen LogP contribution in [0.25, 0.3) is 0 Å². The number of hydrogen-bond donors (Lipinski definition) is 0. The van der Waals surface area contributed by atoms with Crippen molar-refractivity contribution in [1.82, 2.24) is 4.90 Å². The summed E-state index contributed by atoms with van der Waals surface area (Å²) >= 11 is 5.63. The molecular weight excluding hydrogens is 326 g/mol. The predicted molar refractivity (Wildman–Crippen MR) is 93.5 cm³/mol. The molecule has 1 aliphatic rings. The van der Waals surface area contributed by atoms with E-state index in [1.807, 2.05) is 42.5 Å². The Bertz CT molecular complexity index is 684. The maximum Gasteiger partial charge on any atom is 0.252 e. The average molecular weight is 346 g/mol. The third kappa shape index (κ3) is 4.57. The highest BCUT2D eigenvalue weighted by atomic mass is 35.5. The lowest BCUT2D eigenvalue weighted by atomic mass is 10.1. The van der Waals surface area contributed by atoms with Gasteiger partial charge in [-0.3, -0.25) is 9.69 Å². The molecule has 1 saturated heterocycles. The van der Waals surface area contributed by atoms with E-state index in [2.05, 4.69) is 4.90 Å². The van der Waals surface area contributed by atoms with Gasteiger partial charge in [0.15, 0.2) is 0 Å². The molecular formula is C19H20ClNO3. The molecule has 0 aliphatic carbocycles. The van der Waals surface area contributed by atoms with Crippen molar-refractivity contribution >= 4 is 16.8 Å². The minimum atomic E-state index is -0.451. The summed E-state index contributed by atoms with van der Waals surface area (Å²) < 4.78 is 11.4. The van der Waals surface area contributed by atoms with Crippen molar-refractivity contribution in [3.8, 4) is 5.75 Å². The lowest BCUT2D eigenvalue weighted by molar-refractivity contribution is 0.0337. The van der Waals surface area contributed by atoms with Gasteiger partial charge in [0.2, 0.25) is 0 Å². The Hall–Kier alpha value is -1.88. The highest BCUT2D eigenvalue weighted by Crippen LogP contribution is 2.24. The monoisotopic (exact) mass is 345 g/mol. The number of benzene rings is 2. The van der Waals surface area contributed by atoms with Crippen LogP contribution in [0.4, 0.5) is 0 Å². The molecule has 0 aromatic heterocycles. The van der Waals surface area contributed by atoms with Gasteiger partial charge in [-0.05, 0) is 35.4 Å². The third-order valence-electron chi connectivity index (χ3n) is 4.02. The maximum absolute atomic E-state index is 11.5. The fourth-order valence-corrected chi connectivity index (χ4v) is 2.82. The number of hydrogen-bond acceptors (Lipinski definition) is 4. The zero-order chi connectivity index (χ0) is 16.8. The molecule has 2 aromatic carbocycles. The average Bonchev–Trinajstić information content (AvgIpc) is 2.62. The van der Waals surface area contributed by atoms with Gasteiger partial charge in [-0.15, -0.1) is 0 Å². The Balaban J connectivity index is 1.76. The summed E-state index contributed by atoms with van der Waals surface area (Å²) in [6.45, 7) is 4.41. The van der Waals surface area contributed by atoms with Gasteiger partial charge in [-0.2, -0.15) is 0 Å². The molecule has 0 atom stereocenters. The molecule has 0 saturated carbocycles. The molecule has 0 spiro atoms. The molecule has 24 heavy (non-hydrogen) atoms. The van der Waals surface area contributed by atoms with Crippen molar-refractivity contribution in [2.75, 3.05) is 26.3 Å². The molecule has 2 aromatic rings. The van der Waals surface area contributed by atoms with Crippen molar-refractivity contribution < 1.29 is 14.3 Å². The van der Waals surface area contributed by atoms with Crippen LogP contribution in [0.5, 0.6) is 5.75 Å². The first-order valence-electron chi connectivity index (χ1n) is 8.02. The summed E-state index contributed by atoms with van der Waals surface area (Å²) in [6.07, 6.45) is 0. The van der Waals surface area contributed by atoms with E-state index in [1.54, 1.807) is 6.07 Å². The summed E-state index contributed by atoms with van der Waals surface area (Å²) in [7, 11) is 0. The van der Waals surface area contributed by atoms with Gasteiger partial charge < -0.3 is 9.47 Å². The van der Waals surface area contributed by atoms with Crippen LogP contribution in [-0.2, 0) is 17.9 Å². The molecule has 0 radical (unpaired) electrons. The Labute approximate surface area is 146 Å². The van der Waals surface area contributed by atoms with Crippen LogP contribution in [0.15, 0.2) is 48.5 Å². The van der Waals surface area contributed by atoms with Gasteiger partial charge in [-0.1, -0.05) is 30.3 Å². The van der Waals surface area contributed by atoms with E-state index in [-0.39, 0.29) is 0 Å². The maximum atomic E-state index is 11.5. The summed E-state index contributed by atoms with van der Waals surface area (Å²) in [5.41, 5.74) is 2.57. The van der Waals surface area contributed by atoms with Crippen molar-refractivity contribution in [3.05, 3.63) is 65.2 Å². The molecule has 0 N–H and O–H groups in total. The van der Waals surface area contributed by atoms with Crippen LogP contribution >= 0.6 is 11.6 Å². The minimum absolute atomic E-state index is 0.451. The first-order chi connectivity index (χ1) is 11.7. The van der Waals surface area contributed by atoms with Gasteiger partial charge in [0.1, 0.15) is 12.4 Å². The standard InChI is InChI=1S/C19H20ClNO3/c20-19(22)16-6-7-18(24-14-15-4-2-1-3-5-15)17(12-16)13-21-8-10-23-11-9-21/h1-7,12H,8-11,13-14H2. The van der Waals surface area contributed by atoms with E-state index in [0.29, 0.717) is 18.7 Å². The number of morpholine rings is 1. The summed E-state index contributed by atoms with van der Waals surface area (Å²) in [5, 5.41) is -0.451. The first kappa shape index (κ1) is 17.0. The molecule has 0 unspecified atom stereocenters. The molecule has 3 rings (SSSR count). The molecule has 1 aliphatic heterocycles. The first-order valence-corrected chi connectivity index (χ1v) is 8.40. The van der Waals surface area contributed by atoms with Crippen LogP contribution in [-0.4, -0.2) is 36.4 Å². The fraction of sp³-hybridized carbons (Fsp3) is 0.316. The van der Waals surface area contributed by atoms with Crippen LogP contribution in [0.3, 0.4) is 0 Å². The third-order valence-corrected chi connectivity index (χ3v) is 4.24. The SMILES string of the molecule is O=C(Cl)c1ccc(OCc2ccccc2)c(CN2CCOCC2)c1. The molecule has 126 valence electrons. The molecule has 0 amide bonds. The smallest absolute Gasteiger partial charge is 0.252 e. The Kier molecular flexibility index (Phi) is 5.86. The quantitative estimate of drug-likeness (QED) is 0.751. The largest absolute Gasteiger partial charge is 0.489 e. The van der Waals surface area contributed by atoms with Crippen LogP contribution in [0.2, 0.25) is 0 Å². The highest BCUT2D eigenvalue weighted by Gasteiger charge is 2.15. The fourth-order valence-electron chi connectivity index (χ4n) is 2.70. The number of halogens is 1. The number of carbonyl (C=O) groups excluding carboxylic acids is 1. The number of nitrogens with zero attached hydrogens (tertiary/aromatic N) is 1. The number of ether oxygens (including phenoxy) is 2. The van der Waals surface area contributed by atoms with Gasteiger partial charge >= 0.3 is 0 Å². The van der Waals surface area contributed by atoms with Crippen molar-refractivity contribution in [2.45, 2.75) is 13.2 Å². The van der Waals surface area contributed by atoms with Gasteiger partial charge in [0.05, 0.1) is 13.2 Å². The normalized spacial score (nSPS) is 15.2. The van der Waals surface area contributed by atoms with E-state index in [1.165, 1.54) is 0 Å². The summed E-state index contributed by atoms with van der Waals surface area (Å²) in [5.74, 6) is 0.784. The Morgan fingerprint density at radius 3 is 2.58 bits per heavy atom. The van der Waals surface area contributed by atoms with Gasteiger partial charge in [-0.25, -0.2) is 0 Å². The number of rotatable bonds is 6. The number of carbonyl (C=O) groups is 1. The molecule has 1 fully saturated rings. The van der Waals surface area contributed by atoms with Crippen molar-refractivity contribution in [1.29, 1.82) is 0 Å². The second kappa shape index (κ2) is 8.29. The zero-order valence-electron chi connectivity index (χ0n) is 13.4. The van der Waals surface area contributed by atoms with E-state index >= 15 is 0 Å². The van der Waals surface area contributed by atoms with Crippen LogP contribution in [0, 0.1) is 0 Å². The second-order valence-corrected chi connectivity index (χ2v) is 6.10. The topological polar surface area (TPSA) is 38.8 Å². The highest BCUT2D eigenvalue weighted by molar-refractivity contribution is 6.67. The van der Waals surface area contributed by atoms with Crippen LogP contribution < -0.4 is 4.74 Å². The summed E-state index contributed by atoms with van der Waals surface area (Å²) in [6, 6.07) is 15.4. The van der Waals surface area contributed by atoms with Crippen molar-refractivity contribution in [2.24, 2.45) is 0 Å². The molecule has 0 bridgehead atoms. The van der Waals surface area contributed by atoms with Crippen LogP contribution in [0.1, 0.15) is 21.5 Å². The Morgan fingerprint density at radius 2 is 1.88 bits per heavy atom. The second-order valence-electron chi connectivity index (χ2n) is 5.76. The van der Waals surface area contributed by atoms with E-state index < -0.39 is 5.24 Å². The minimum Gasteiger partial charge on any atom is -0.489 e. The Morgan fingerprint density at radius 1 is 1.12 bits per heavy atom. The molecule has 1 heterocycles. The molecule has 5 heteroatoms. The zero-order valence-corrected chi connectivity index (χ0v) is 14.2. The van der Waals surface area contributed by atoms with Crippen molar-refractivity contribution in [3.63, 3.8) is 0 Å². The summed E-state index contributed by atoms with van der Waals surface area (Å²) in [4.78, 5) is 13.8. The van der Waals surface area contributed by atoms with E-state index in [0.717, 1.165) is 43.2 Å². The van der Waals surface area contributed by atoms with Gasteiger partial charge in [0, 0.05) is 30.8 Å². The lowest BCUT2D eigenvalue weighted by Gasteiger charge is -2.27.